The highest BCUT2D eigenvalue weighted by Crippen LogP contribution is 2.32. The van der Waals surface area contributed by atoms with Crippen LogP contribution in [0.25, 0.3) is 16.9 Å². The minimum absolute atomic E-state index is 0.307. The molecule has 7 heteroatoms. The number of hydrogen-bond donors (Lipinski definition) is 1. The van der Waals surface area contributed by atoms with Crippen molar-refractivity contribution in [1.29, 1.82) is 0 Å². The van der Waals surface area contributed by atoms with Crippen molar-refractivity contribution in [1.82, 2.24) is 9.38 Å². The monoisotopic (exact) mass is 417 g/mol. The number of fused-ring (bicyclic) bond motifs is 1. The summed E-state index contributed by atoms with van der Waals surface area (Å²) in [6, 6.07) is 14.6. The third-order valence-corrected chi connectivity index (χ3v) is 5.03. The van der Waals surface area contributed by atoms with Crippen LogP contribution in [0.5, 0.6) is 17.2 Å². The molecule has 1 N–H and O–H groups in total. The summed E-state index contributed by atoms with van der Waals surface area (Å²) in [7, 11) is 4.65. The summed E-state index contributed by atoms with van der Waals surface area (Å²) in [5.41, 5.74) is 4.59. The SMILES string of the molecule is COc1cc(OC)cc(C(=O)Nc2cc(-c3cn4cccc(C)c4n3)ccc2OC)c1. The number of benzene rings is 2. The molecule has 0 saturated carbocycles. The summed E-state index contributed by atoms with van der Waals surface area (Å²) in [6.07, 6.45) is 3.92. The van der Waals surface area contributed by atoms with Crippen molar-refractivity contribution in [2.24, 2.45) is 0 Å². The van der Waals surface area contributed by atoms with Gasteiger partial charge in [-0.25, -0.2) is 4.98 Å². The molecule has 0 fully saturated rings. The molecule has 2 aromatic heterocycles. The van der Waals surface area contributed by atoms with E-state index >= 15 is 0 Å². The predicted octanol–water partition coefficient (Wildman–Crippen LogP) is 4.59. The van der Waals surface area contributed by atoms with Gasteiger partial charge in [0, 0.05) is 29.6 Å². The van der Waals surface area contributed by atoms with Crippen LogP contribution in [0.1, 0.15) is 15.9 Å². The summed E-state index contributed by atoms with van der Waals surface area (Å²) in [5, 5.41) is 2.93. The lowest BCUT2D eigenvalue weighted by molar-refractivity contribution is 0.102. The topological polar surface area (TPSA) is 74.1 Å². The lowest BCUT2D eigenvalue weighted by Gasteiger charge is -2.13. The quantitative estimate of drug-likeness (QED) is 0.497. The number of pyridine rings is 1. The Morgan fingerprint density at radius 2 is 1.71 bits per heavy atom. The molecule has 2 aromatic carbocycles. The summed E-state index contributed by atoms with van der Waals surface area (Å²) in [6.45, 7) is 2.02. The first kappa shape index (κ1) is 20.3. The normalized spacial score (nSPS) is 10.7. The number of aryl methyl sites for hydroxylation is 1. The van der Waals surface area contributed by atoms with E-state index in [9.17, 15) is 4.79 Å². The second-order valence-corrected chi connectivity index (χ2v) is 7.02. The maximum atomic E-state index is 13.0. The number of imidazole rings is 1. The zero-order valence-electron chi connectivity index (χ0n) is 17.8. The van der Waals surface area contributed by atoms with E-state index in [1.54, 1.807) is 39.5 Å². The van der Waals surface area contributed by atoms with Gasteiger partial charge in [0.25, 0.3) is 5.91 Å². The maximum absolute atomic E-state index is 13.0. The van der Waals surface area contributed by atoms with Gasteiger partial charge in [0.05, 0.1) is 32.7 Å². The van der Waals surface area contributed by atoms with Gasteiger partial charge in [-0.3, -0.25) is 4.79 Å². The fraction of sp³-hybridized carbons (Fsp3) is 0.167. The van der Waals surface area contributed by atoms with Gasteiger partial charge in [-0.05, 0) is 48.9 Å². The zero-order chi connectivity index (χ0) is 22.0. The largest absolute Gasteiger partial charge is 0.497 e. The van der Waals surface area contributed by atoms with Crippen molar-refractivity contribution in [2.75, 3.05) is 26.6 Å². The van der Waals surface area contributed by atoms with Crippen LogP contribution < -0.4 is 19.5 Å². The summed E-state index contributed by atoms with van der Waals surface area (Å²) in [5.74, 6) is 1.31. The van der Waals surface area contributed by atoms with Gasteiger partial charge < -0.3 is 23.9 Å². The molecular formula is C24H23N3O4. The Morgan fingerprint density at radius 3 is 2.35 bits per heavy atom. The average Bonchev–Trinajstić information content (AvgIpc) is 3.24. The van der Waals surface area contributed by atoms with Crippen LogP contribution in [0.3, 0.4) is 0 Å². The van der Waals surface area contributed by atoms with Crippen molar-refractivity contribution < 1.29 is 19.0 Å². The van der Waals surface area contributed by atoms with Crippen molar-refractivity contribution in [3.63, 3.8) is 0 Å². The van der Waals surface area contributed by atoms with E-state index in [1.807, 2.05) is 54.0 Å². The number of ether oxygens (including phenoxy) is 3. The molecule has 7 nitrogen and oxygen atoms in total. The molecule has 2 heterocycles. The maximum Gasteiger partial charge on any atom is 0.256 e. The predicted molar refractivity (Wildman–Crippen MR) is 119 cm³/mol. The van der Waals surface area contributed by atoms with E-state index < -0.39 is 0 Å². The van der Waals surface area contributed by atoms with E-state index in [4.69, 9.17) is 19.2 Å². The Balaban J connectivity index is 1.69. The van der Waals surface area contributed by atoms with E-state index in [-0.39, 0.29) is 5.91 Å². The molecule has 0 unspecified atom stereocenters. The summed E-state index contributed by atoms with van der Waals surface area (Å²) >= 11 is 0. The zero-order valence-corrected chi connectivity index (χ0v) is 17.8. The summed E-state index contributed by atoms with van der Waals surface area (Å²) in [4.78, 5) is 17.7. The van der Waals surface area contributed by atoms with E-state index in [0.717, 1.165) is 22.5 Å². The molecule has 0 saturated heterocycles. The highest BCUT2D eigenvalue weighted by Gasteiger charge is 2.15. The first-order valence-corrected chi connectivity index (χ1v) is 9.69. The van der Waals surface area contributed by atoms with Gasteiger partial charge in [0.2, 0.25) is 0 Å². The Kier molecular flexibility index (Phi) is 5.49. The van der Waals surface area contributed by atoms with Crippen LogP contribution in [-0.4, -0.2) is 36.6 Å². The second kappa shape index (κ2) is 8.39. The Hall–Kier alpha value is -4.00. The molecule has 0 aliphatic carbocycles. The van der Waals surface area contributed by atoms with Gasteiger partial charge in [0.15, 0.2) is 0 Å². The number of carbonyl (C=O) groups is 1. The van der Waals surface area contributed by atoms with Crippen molar-refractivity contribution in [2.45, 2.75) is 6.92 Å². The van der Waals surface area contributed by atoms with Crippen LogP contribution in [0.15, 0.2) is 60.9 Å². The van der Waals surface area contributed by atoms with Crippen molar-refractivity contribution in [3.8, 4) is 28.5 Å². The number of nitrogens with one attached hydrogen (secondary N) is 1. The third kappa shape index (κ3) is 4.02. The van der Waals surface area contributed by atoms with Crippen LogP contribution in [0.4, 0.5) is 5.69 Å². The number of nitrogens with zero attached hydrogens (tertiary/aromatic N) is 2. The number of rotatable bonds is 6. The minimum atomic E-state index is -0.307. The minimum Gasteiger partial charge on any atom is -0.497 e. The molecular weight excluding hydrogens is 394 g/mol. The molecule has 31 heavy (non-hydrogen) atoms. The molecule has 0 aliphatic heterocycles. The average molecular weight is 417 g/mol. The van der Waals surface area contributed by atoms with Crippen LogP contribution >= 0.6 is 0 Å². The Labute approximate surface area is 180 Å². The Bertz CT molecular complexity index is 1240. The first-order valence-electron chi connectivity index (χ1n) is 9.69. The fourth-order valence-electron chi connectivity index (χ4n) is 3.39. The van der Waals surface area contributed by atoms with Gasteiger partial charge in [-0.15, -0.1) is 0 Å². The fourth-order valence-corrected chi connectivity index (χ4v) is 3.39. The van der Waals surface area contributed by atoms with Gasteiger partial charge in [0.1, 0.15) is 22.9 Å². The number of hydrogen-bond acceptors (Lipinski definition) is 5. The number of anilines is 1. The van der Waals surface area contributed by atoms with Crippen LogP contribution in [-0.2, 0) is 0 Å². The third-order valence-electron chi connectivity index (χ3n) is 5.03. The molecule has 1 amide bonds. The molecule has 158 valence electrons. The number of amides is 1. The molecule has 0 atom stereocenters. The Morgan fingerprint density at radius 1 is 0.968 bits per heavy atom. The highest BCUT2D eigenvalue weighted by molar-refractivity contribution is 6.05. The molecule has 0 spiro atoms. The lowest BCUT2D eigenvalue weighted by atomic mass is 10.1. The van der Waals surface area contributed by atoms with E-state index in [0.29, 0.717) is 28.5 Å². The number of methoxy groups -OCH3 is 3. The van der Waals surface area contributed by atoms with E-state index in [2.05, 4.69) is 5.32 Å². The lowest BCUT2D eigenvalue weighted by Crippen LogP contribution is -2.13. The van der Waals surface area contributed by atoms with Gasteiger partial charge in [-0.1, -0.05) is 6.07 Å². The van der Waals surface area contributed by atoms with E-state index in [1.165, 1.54) is 0 Å². The van der Waals surface area contributed by atoms with Gasteiger partial charge in [-0.2, -0.15) is 0 Å². The molecule has 0 aliphatic rings. The van der Waals surface area contributed by atoms with Crippen molar-refractivity contribution >= 4 is 17.2 Å². The number of carbonyl (C=O) groups excluding carboxylic acids is 1. The molecule has 4 rings (SSSR count). The van der Waals surface area contributed by atoms with Crippen LogP contribution in [0, 0.1) is 6.92 Å². The van der Waals surface area contributed by atoms with Crippen LogP contribution in [0.2, 0.25) is 0 Å². The molecule has 0 bridgehead atoms. The smallest absolute Gasteiger partial charge is 0.256 e. The highest BCUT2D eigenvalue weighted by atomic mass is 16.5. The standard InChI is InChI=1S/C24H23N3O4/c1-15-6-5-9-27-14-21(25-23(15)27)16-7-8-22(31-4)20(12-16)26-24(28)17-10-18(29-2)13-19(11-17)30-3/h5-14H,1-4H3,(H,26,28). The molecule has 0 radical (unpaired) electrons. The van der Waals surface area contributed by atoms with Gasteiger partial charge >= 0.3 is 0 Å². The first-order chi connectivity index (χ1) is 15.0. The van der Waals surface area contributed by atoms with Crippen molar-refractivity contribution in [3.05, 3.63) is 72.1 Å². The molecule has 4 aromatic rings. The summed E-state index contributed by atoms with van der Waals surface area (Å²) < 4.78 is 18.0. The number of aromatic nitrogens is 2. The second-order valence-electron chi connectivity index (χ2n) is 7.02.